The summed E-state index contributed by atoms with van der Waals surface area (Å²) < 4.78 is 1.72. The van der Waals surface area contributed by atoms with Crippen molar-refractivity contribution < 1.29 is 4.79 Å². The first-order chi connectivity index (χ1) is 9.50. The number of amides is 1. The highest BCUT2D eigenvalue weighted by Gasteiger charge is 2.19. The van der Waals surface area contributed by atoms with E-state index in [0.29, 0.717) is 5.69 Å². The first kappa shape index (κ1) is 14.7. The second-order valence-electron chi connectivity index (χ2n) is 5.72. The van der Waals surface area contributed by atoms with E-state index in [9.17, 15) is 4.79 Å². The Kier molecular flexibility index (Phi) is 4.52. The van der Waals surface area contributed by atoms with Gasteiger partial charge in [-0.15, -0.1) is 0 Å². The number of nitrogens with one attached hydrogen (secondary N) is 1. The van der Waals surface area contributed by atoms with Crippen molar-refractivity contribution in [3.8, 4) is 0 Å². The predicted molar refractivity (Wildman–Crippen MR) is 80.6 cm³/mol. The highest BCUT2D eigenvalue weighted by Crippen LogP contribution is 2.27. The standard InChI is InChI=1S/C14H25N5O/c1-10(2)13-12(15)14(18(3)17-13)16-9-11(20)19-7-5-4-6-8-19/h10,16H,4-9,15H2,1-3H3. The summed E-state index contributed by atoms with van der Waals surface area (Å²) >= 11 is 0. The van der Waals surface area contributed by atoms with E-state index < -0.39 is 0 Å². The van der Waals surface area contributed by atoms with Crippen LogP contribution in [0.25, 0.3) is 0 Å². The highest BCUT2D eigenvalue weighted by atomic mass is 16.2. The van der Waals surface area contributed by atoms with Crippen molar-refractivity contribution in [2.45, 2.75) is 39.0 Å². The Morgan fingerprint density at radius 2 is 2.00 bits per heavy atom. The molecule has 1 aromatic heterocycles. The second kappa shape index (κ2) is 6.15. The maximum absolute atomic E-state index is 12.1. The van der Waals surface area contributed by atoms with E-state index in [2.05, 4.69) is 24.3 Å². The average molecular weight is 279 g/mol. The number of rotatable bonds is 4. The molecule has 6 heteroatoms. The number of aryl methyl sites for hydroxylation is 1. The molecule has 1 aliphatic rings. The maximum Gasteiger partial charge on any atom is 0.241 e. The second-order valence-corrected chi connectivity index (χ2v) is 5.72. The van der Waals surface area contributed by atoms with Gasteiger partial charge in [-0.05, 0) is 25.2 Å². The third-order valence-corrected chi connectivity index (χ3v) is 3.78. The van der Waals surface area contributed by atoms with Gasteiger partial charge in [0.15, 0.2) is 0 Å². The Bertz CT molecular complexity index is 474. The van der Waals surface area contributed by atoms with Gasteiger partial charge in [-0.1, -0.05) is 13.8 Å². The van der Waals surface area contributed by atoms with Crippen LogP contribution < -0.4 is 11.1 Å². The van der Waals surface area contributed by atoms with E-state index in [0.717, 1.165) is 37.4 Å². The summed E-state index contributed by atoms with van der Waals surface area (Å²) in [5, 5.41) is 7.54. The largest absolute Gasteiger partial charge is 0.394 e. The smallest absolute Gasteiger partial charge is 0.241 e. The molecule has 0 aliphatic carbocycles. The SMILES string of the molecule is CC(C)c1nn(C)c(NCC(=O)N2CCCCC2)c1N. The highest BCUT2D eigenvalue weighted by molar-refractivity contribution is 5.82. The number of nitrogens with two attached hydrogens (primary N) is 1. The van der Waals surface area contributed by atoms with Crippen LogP contribution in [-0.4, -0.2) is 40.2 Å². The number of nitrogen functional groups attached to an aromatic ring is 1. The summed E-state index contributed by atoms with van der Waals surface area (Å²) in [7, 11) is 1.84. The Morgan fingerprint density at radius 3 is 2.55 bits per heavy atom. The van der Waals surface area contributed by atoms with Gasteiger partial charge in [0.25, 0.3) is 0 Å². The Hall–Kier alpha value is -1.72. The molecule has 2 heterocycles. The summed E-state index contributed by atoms with van der Waals surface area (Å²) in [4.78, 5) is 14.1. The summed E-state index contributed by atoms with van der Waals surface area (Å²) in [6, 6.07) is 0. The van der Waals surface area contributed by atoms with E-state index >= 15 is 0 Å². The number of nitrogens with zero attached hydrogens (tertiary/aromatic N) is 3. The van der Waals surface area contributed by atoms with Gasteiger partial charge in [0.2, 0.25) is 5.91 Å². The van der Waals surface area contributed by atoms with Crippen molar-refractivity contribution in [2.24, 2.45) is 7.05 Å². The quantitative estimate of drug-likeness (QED) is 0.876. The van der Waals surface area contributed by atoms with Crippen LogP contribution >= 0.6 is 0 Å². The predicted octanol–water partition coefficient (Wildman–Crippen LogP) is 1.55. The minimum Gasteiger partial charge on any atom is -0.394 e. The normalized spacial score (nSPS) is 15.7. The van der Waals surface area contributed by atoms with Crippen LogP contribution in [0.1, 0.15) is 44.7 Å². The summed E-state index contributed by atoms with van der Waals surface area (Å²) in [6.45, 7) is 6.14. The first-order valence-corrected chi connectivity index (χ1v) is 7.34. The topological polar surface area (TPSA) is 76.2 Å². The monoisotopic (exact) mass is 279 g/mol. The first-order valence-electron chi connectivity index (χ1n) is 7.34. The lowest BCUT2D eigenvalue weighted by molar-refractivity contribution is -0.130. The molecular formula is C14H25N5O. The van der Waals surface area contributed by atoms with Crippen molar-refractivity contribution in [3.63, 3.8) is 0 Å². The third-order valence-electron chi connectivity index (χ3n) is 3.78. The molecule has 20 heavy (non-hydrogen) atoms. The third kappa shape index (κ3) is 3.05. The Balaban J connectivity index is 1.98. The Labute approximate surface area is 120 Å². The molecule has 0 aromatic carbocycles. The van der Waals surface area contributed by atoms with Gasteiger partial charge in [0.05, 0.1) is 17.9 Å². The molecule has 1 saturated heterocycles. The number of aromatic nitrogens is 2. The van der Waals surface area contributed by atoms with Gasteiger partial charge in [-0.25, -0.2) is 0 Å². The lowest BCUT2D eigenvalue weighted by Crippen LogP contribution is -2.39. The van der Waals surface area contributed by atoms with Gasteiger partial charge in [0.1, 0.15) is 5.82 Å². The number of hydrogen-bond acceptors (Lipinski definition) is 4. The molecule has 0 bridgehead atoms. The molecule has 0 unspecified atom stereocenters. The van der Waals surface area contributed by atoms with Gasteiger partial charge in [0, 0.05) is 20.1 Å². The molecule has 1 aliphatic heterocycles. The van der Waals surface area contributed by atoms with Crippen LogP contribution in [0.4, 0.5) is 11.5 Å². The van der Waals surface area contributed by atoms with Crippen molar-refractivity contribution in [1.82, 2.24) is 14.7 Å². The van der Waals surface area contributed by atoms with Gasteiger partial charge in [-0.2, -0.15) is 5.10 Å². The zero-order chi connectivity index (χ0) is 14.7. The fourth-order valence-corrected chi connectivity index (χ4v) is 2.61. The van der Waals surface area contributed by atoms with Crippen molar-refractivity contribution in [1.29, 1.82) is 0 Å². The van der Waals surface area contributed by atoms with Gasteiger partial charge < -0.3 is 16.0 Å². The zero-order valence-corrected chi connectivity index (χ0v) is 12.6. The number of piperidine rings is 1. The molecule has 1 fully saturated rings. The van der Waals surface area contributed by atoms with Crippen LogP contribution in [0.2, 0.25) is 0 Å². The molecule has 2 rings (SSSR count). The number of anilines is 2. The molecule has 3 N–H and O–H groups in total. The molecule has 1 amide bonds. The van der Waals surface area contributed by atoms with Crippen molar-refractivity contribution >= 4 is 17.4 Å². The van der Waals surface area contributed by atoms with Crippen LogP contribution in [0, 0.1) is 0 Å². The van der Waals surface area contributed by atoms with E-state index in [1.165, 1.54) is 6.42 Å². The number of likely N-dealkylation sites (tertiary alicyclic amines) is 1. The molecule has 6 nitrogen and oxygen atoms in total. The molecular weight excluding hydrogens is 254 g/mol. The lowest BCUT2D eigenvalue weighted by atomic mass is 10.1. The molecule has 0 atom stereocenters. The van der Waals surface area contributed by atoms with Gasteiger partial charge in [-0.3, -0.25) is 9.48 Å². The van der Waals surface area contributed by atoms with E-state index in [1.807, 2.05) is 11.9 Å². The molecule has 0 spiro atoms. The van der Waals surface area contributed by atoms with Crippen molar-refractivity contribution in [2.75, 3.05) is 30.7 Å². The van der Waals surface area contributed by atoms with Crippen LogP contribution in [-0.2, 0) is 11.8 Å². The molecule has 1 aromatic rings. The fraction of sp³-hybridized carbons (Fsp3) is 0.714. The minimum absolute atomic E-state index is 0.136. The van der Waals surface area contributed by atoms with Gasteiger partial charge >= 0.3 is 0 Å². The van der Waals surface area contributed by atoms with E-state index in [-0.39, 0.29) is 18.4 Å². The van der Waals surface area contributed by atoms with Crippen LogP contribution in [0.5, 0.6) is 0 Å². The summed E-state index contributed by atoms with van der Waals surface area (Å²) in [5.74, 6) is 1.14. The molecule has 0 saturated carbocycles. The number of carbonyl (C=O) groups is 1. The summed E-state index contributed by atoms with van der Waals surface area (Å²) in [6.07, 6.45) is 3.44. The fourth-order valence-electron chi connectivity index (χ4n) is 2.61. The van der Waals surface area contributed by atoms with E-state index in [4.69, 9.17) is 5.73 Å². The average Bonchev–Trinajstić information content (AvgIpc) is 2.72. The van der Waals surface area contributed by atoms with Crippen LogP contribution in [0.3, 0.4) is 0 Å². The number of carbonyl (C=O) groups excluding carboxylic acids is 1. The van der Waals surface area contributed by atoms with Crippen LogP contribution in [0.15, 0.2) is 0 Å². The Morgan fingerprint density at radius 1 is 1.35 bits per heavy atom. The number of hydrogen-bond donors (Lipinski definition) is 2. The summed E-state index contributed by atoms with van der Waals surface area (Å²) in [5.41, 5.74) is 7.62. The van der Waals surface area contributed by atoms with Crippen molar-refractivity contribution in [3.05, 3.63) is 5.69 Å². The van der Waals surface area contributed by atoms with E-state index in [1.54, 1.807) is 4.68 Å². The lowest BCUT2D eigenvalue weighted by Gasteiger charge is -2.26. The molecule has 0 radical (unpaired) electrons. The zero-order valence-electron chi connectivity index (χ0n) is 12.6. The molecule has 112 valence electrons. The minimum atomic E-state index is 0.136. The maximum atomic E-state index is 12.1.